The highest BCUT2D eigenvalue weighted by molar-refractivity contribution is 7.90. The summed E-state index contributed by atoms with van der Waals surface area (Å²) in [5, 5.41) is 9.47. The summed E-state index contributed by atoms with van der Waals surface area (Å²) in [4.78, 5) is 12.7. The van der Waals surface area contributed by atoms with E-state index in [4.69, 9.17) is 0 Å². The Morgan fingerprint density at radius 3 is 2.71 bits per heavy atom. The molecule has 0 unspecified atom stereocenters. The number of fused-ring (bicyclic) bond motifs is 2. The molecule has 9 heteroatoms. The highest BCUT2D eigenvalue weighted by Gasteiger charge is 2.20. The molecule has 0 aliphatic rings. The van der Waals surface area contributed by atoms with E-state index in [0.29, 0.717) is 18.1 Å². The highest BCUT2D eigenvalue weighted by atomic mass is 32.2. The van der Waals surface area contributed by atoms with E-state index in [2.05, 4.69) is 25.4 Å². The van der Waals surface area contributed by atoms with Crippen molar-refractivity contribution < 1.29 is 8.42 Å². The smallest absolute Gasteiger partial charge is 0.252 e. The van der Waals surface area contributed by atoms with Crippen LogP contribution in [0.1, 0.15) is 30.9 Å². The van der Waals surface area contributed by atoms with E-state index in [1.807, 2.05) is 44.3 Å². The molecule has 1 aromatic carbocycles. The van der Waals surface area contributed by atoms with Crippen molar-refractivity contribution in [2.75, 3.05) is 11.6 Å². The van der Waals surface area contributed by atoms with Gasteiger partial charge in [-0.05, 0) is 22.9 Å². The van der Waals surface area contributed by atoms with Crippen LogP contribution in [0.2, 0.25) is 0 Å². The van der Waals surface area contributed by atoms with Crippen molar-refractivity contribution in [3.8, 4) is 0 Å². The number of sulfone groups is 1. The van der Waals surface area contributed by atoms with Gasteiger partial charge in [-0.25, -0.2) is 8.42 Å². The van der Waals surface area contributed by atoms with E-state index in [0.717, 1.165) is 28.2 Å². The zero-order valence-corrected chi connectivity index (χ0v) is 16.6. The molecule has 0 fully saturated rings. The summed E-state index contributed by atoms with van der Waals surface area (Å²) in [6.45, 7) is 4.46. The lowest BCUT2D eigenvalue weighted by molar-refractivity contribution is 0.592. The molecular weight excluding hydrogens is 376 g/mol. The second kappa shape index (κ2) is 6.83. The molecule has 0 saturated heterocycles. The molecule has 0 saturated carbocycles. The molecule has 144 valence electrons. The lowest BCUT2D eigenvalue weighted by atomic mass is 10.1. The quantitative estimate of drug-likeness (QED) is 0.553. The summed E-state index contributed by atoms with van der Waals surface area (Å²) < 4.78 is 25.7. The van der Waals surface area contributed by atoms with Gasteiger partial charge in [-0.1, -0.05) is 32.0 Å². The van der Waals surface area contributed by atoms with Crippen LogP contribution >= 0.6 is 0 Å². The van der Waals surface area contributed by atoms with E-state index in [1.54, 1.807) is 16.9 Å². The zero-order chi connectivity index (χ0) is 19.9. The average Bonchev–Trinajstić information content (AvgIpc) is 3.10. The van der Waals surface area contributed by atoms with Gasteiger partial charge in [0.15, 0.2) is 5.65 Å². The van der Waals surface area contributed by atoms with Crippen molar-refractivity contribution in [2.24, 2.45) is 0 Å². The number of pyridine rings is 1. The van der Waals surface area contributed by atoms with Gasteiger partial charge >= 0.3 is 0 Å². The minimum absolute atomic E-state index is 0.150. The van der Waals surface area contributed by atoms with Gasteiger partial charge in [-0.3, -0.25) is 4.98 Å². The minimum Gasteiger partial charge on any atom is -0.350 e. The predicted molar refractivity (Wildman–Crippen MR) is 107 cm³/mol. The van der Waals surface area contributed by atoms with Crippen LogP contribution in [0.25, 0.3) is 16.4 Å². The molecule has 0 radical (unpaired) electrons. The third-order valence-electron chi connectivity index (χ3n) is 4.54. The van der Waals surface area contributed by atoms with Crippen molar-refractivity contribution in [3.63, 3.8) is 0 Å². The number of nitrogens with one attached hydrogen (secondary N) is 1. The van der Waals surface area contributed by atoms with Gasteiger partial charge in [-0.2, -0.15) is 19.6 Å². The first-order valence-electron chi connectivity index (χ1n) is 8.86. The van der Waals surface area contributed by atoms with Crippen LogP contribution in [0.3, 0.4) is 0 Å². The van der Waals surface area contributed by atoms with Crippen LogP contribution in [0, 0.1) is 0 Å². The van der Waals surface area contributed by atoms with Gasteiger partial charge in [0.25, 0.3) is 5.16 Å². The molecule has 3 aromatic heterocycles. The molecule has 3 heterocycles. The Kier molecular flexibility index (Phi) is 4.46. The summed E-state index contributed by atoms with van der Waals surface area (Å²) >= 11 is 0. The molecule has 1 N–H and O–H groups in total. The lowest BCUT2D eigenvalue weighted by Gasteiger charge is -2.11. The summed E-state index contributed by atoms with van der Waals surface area (Å²) in [5.41, 5.74) is 2.38. The summed E-state index contributed by atoms with van der Waals surface area (Å²) in [6, 6.07) is 7.94. The summed E-state index contributed by atoms with van der Waals surface area (Å²) in [6.07, 6.45) is 6.37. The van der Waals surface area contributed by atoms with Crippen LogP contribution in [-0.4, -0.2) is 39.2 Å². The van der Waals surface area contributed by atoms with Crippen molar-refractivity contribution in [1.82, 2.24) is 24.6 Å². The molecule has 0 atom stereocenters. The molecule has 8 nitrogen and oxygen atoms in total. The van der Waals surface area contributed by atoms with Gasteiger partial charge in [0.1, 0.15) is 0 Å². The topological polar surface area (TPSA) is 102 Å². The standard InChI is InChI=1S/C19H20N6O2S/c1-12(2)15-11-22-25-17(15)23-19(28(3,26)27)24-18(25)21-9-14-6-4-5-13-7-8-20-10-16(13)14/h4-8,10-12H,9H2,1-3H3,(H,21,23,24). The Hall–Kier alpha value is -3.07. The Labute approximate surface area is 162 Å². The normalized spacial score (nSPS) is 12.1. The fourth-order valence-electron chi connectivity index (χ4n) is 3.07. The fraction of sp³-hybridized carbons (Fsp3) is 0.263. The van der Waals surface area contributed by atoms with E-state index >= 15 is 0 Å². The number of hydrogen-bond donors (Lipinski definition) is 1. The number of nitrogens with zero attached hydrogens (tertiary/aromatic N) is 5. The van der Waals surface area contributed by atoms with Crippen LogP contribution in [0.15, 0.2) is 48.0 Å². The maximum atomic E-state index is 12.1. The molecule has 0 aliphatic heterocycles. The SMILES string of the molecule is CC(C)c1cnn2c(NCc3cccc4ccncc34)nc(S(C)(=O)=O)nc12. The Balaban J connectivity index is 1.79. The lowest BCUT2D eigenvalue weighted by Crippen LogP contribution is -2.14. The highest BCUT2D eigenvalue weighted by Crippen LogP contribution is 2.23. The molecule has 0 amide bonds. The first-order valence-corrected chi connectivity index (χ1v) is 10.7. The minimum atomic E-state index is -3.57. The number of aromatic nitrogens is 5. The van der Waals surface area contributed by atoms with E-state index in [9.17, 15) is 8.42 Å². The maximum Gasteiger partial charge on any atom is 0.252 e. The average molecular weight is 396 g/mol. The second-order valence-corrected chi connectivity index (χ2v) is 8.87. The van der Waals surface area contributed by atoms with Gasteiger partial charge in [0, 0.05) is 36.1 Å². The number of anilines is 1. The van der Waals surface area contributed by atoms with Crippen LogP contribution in [0.4, 0.5) is 5.95 Å². The molecule has 4 aromatic rings. The predicted octanol–water partition coefficient (Wildman–Crippen LogP) is 2.81. The first kappa shape index (κ1) is 18.3. The van der Waals surface area contributed by atoms with Gasteiger partial charge in [0.05, 0.1) is 6.20 Å². The fourth-order valence-corrected chi connectivity index (χ4v) is 3.57. The summed E-state index contributed by atoms with van der Waals surface area (Å²) in [7, 11) is -3.57. The number of rotatable bonds is 5. The van der Waals surface area contributed by atoms with Crippen LogP contribution < -0.4 is 5.32 Å². The second-order valence-electron chi connectivity index (χ2n) is 6.96. The van der Waals surface area contributed by atoms with E-state index in [-0.39, 0.29) is 11.1 Å². The molecule has 0 spiro atoms. The number of benzene rings is 1. The van der Waals surface area contributed by atoms with Gasteiger partial charge in [0.2, 0.25) is 15.8 Å². The molecular formula is C19H20N6O2S. The third-order valence-corrected chi connectivity index (χ3v) is 5.39. The Morgan fingerprint density at radius 2 is 1.96 bits per heavy atom. The van der Waals surface area contributed by atoms with Crippen molar-refractivity contribution in [3.05, 3.63) is 54.0 Å². The van der Waals surface area contributed by atoms with Crippen LogP contribution in [0.5, 0.6) is 0 Å². The van der Waals surface area contributed by atoms with Crippen molar-refractivity contribution in [2.45, 2.75) is 31.5 Å². The van der Waals surface area contributed by atoms with Crippen molar-refractivity contribution >= 4 is 32.2 Å². The monoisotopic (exact) mass is 396 g/mol. The Morgan fingerprint density at radius 1 is 1.14 bits per heavy atom. The first-order chi connectivity index (χ1) is 13.3. The van der Waals surface area contributed by atoms with Crippen LogP contribution in [-0.2, 0) is 16.4 Å². The van der Waals surface area contributed by atoms with E-state index in [1.165, 1.54) is 0 Å². The van der Waals surface area contributed by atoms with E-state index < -0.39 is 9.84 Å². The van der Waals surface area contributed by atoms with Gasteiger partial charge in [-0.15, -0.1) is 0 Å². The molecule has 28 heavy (non-hydrogen) atoms. The number of hydrogen-bond acceptors (Lipinski definition) is 7. The zero-order valence-electron chi connectivity index (χ0n) is 15.8. The maximum absolute atomic E-state index is 12.1. The molecule has 4 rings (SSSR count). The molecule has 0 aliphatic carbocycles. The van der Waals surface area contributed by atoms with Gasteiger partial charge < -0.3 is 5.32 Å². The summed E-state index contributed by atoms with van der Waals surface area (Å²) in [5.74, 6) is 0.481. The molecule has 0 bridgehead atoms. The largest absolute Gasteiger partial charge is 0.350 e. The van der Waals surface area contributed by atoms with Crippen molar-refractivity contribution in [1.29, 1.82) is 0 Å². The Bertz CT molecular complexity index is 1280. The third kappa shape index (κ3) is 3.29.